The molecule has 98 valence electrons. The summed E-state index contributed by atoms with van der Waals surface area (Å²) < 4.78 is 28.6. The summed E-state index contributed by atoms with van der Waals surface area (Å²) in [5.74, 6) is 0.386. The Bertz CT molecular complexity index is 630. The van der Waals surface area contributed by atoms with Gasteiger partial charge in [-0.2, -0.15) is 8.42 Å². The van der Waals surface area contributed by atoms with Gasteiger partial charge in [-0.3, -0.25) is 0 Å². The minimum absolute atomic E-state index is 0. The van der Waals surface area contributed by atoms with Gasteiger partial charge < -0.3 is 4.18 Å². The Hall–Kier alpha value is -1.03. The second kappa shape index (κ2) is 5.74. The summed E-state index contributed by atoms with van der Waals surface area (Å²) in [5.41, 5.74) is 0. The van der Waals surface area contributed by atoms with E-state index in [-0.39, 0.29) is 17.1 Å². The molecule has 2 aromatic rings. The van der Waals surface area contributed by atoms with Crippen LogP contribution >= 0.6 is 0 Å². The van der Waals surface area contributed by atoms with Crippen LogP contribution in [0.1, 0.15) is 13.8 Å². The molecule has 0 saturated carbocycles. The molecule has 0 N–H and O–H groups in total. The fourth-order valence-corrected chi connectivity index (χ4v) is 2.08. The maximum atomic E-state index is 11.7. The van der Waals surface area contributed by atoms with Gasteiger partial charge in [-0.05, 0) is 25.3 Å². The van der Waals surface area contributed by atoms with Crippen molar-refractivity contribution in [1.82, 2.24) is 0 Å². The van der Waals surface area contributed by atoms with Gasteiger partial charge in [0.2, 0.25) is 0 Å². The number of rotatable bonds is 3. The van der Waals surface area contributed by atoms with Gasteiger partial charge in [0.1, 0.15) is 5.75 Å². The zero-order chi connectivity index (χ0) is 12.5. The smallest absolute Gasteiger partial charge is 0.311 e. The Morgan fingerprint density at radius 1 is 1.00 bits per heavy atom. The van der Waals surface area contributed by atoms with Gasteiger partial charge in [0.15, 0.2) is 0 Å². The van der Waals surface area contributed by atoms with Gasteiger partial charge in [0.25, 0.3) is 0 Å². The van der Waals surface area contributed by atoms with Crippen molar-refractivity contribution >= 4 is 20.9 Å². The van der Waals surface area contributed by atoms with Crippen molar-refractivity contribution in [1.29, 1.82) is 0 Å². The normalized spacial score (nSPS) is 11.3. The monoisotopic (exact) mass is 306 g/mol. The molecule has 0 atom stereocenters. The van der Waals surface area contributed by atoms with Crippen molar-refractivity contribution in [3.63, 3.8) is 0 Å². The third-order valence-electron chi connectivity index (χ3n) is 2.53. The summed E-state index contributed by atoms with van der Waals surface area (Å²) in [4.78, 5) is 0. The van der Waals surface area contributed by atoms with Crippen molar-refractivity contribution in [3.8, 4) is 5.75 Å². The molecule has 2 aromatic carbocycles. The molecule has 5 heteroatoms. The fourth-order valence-electron chi connectivity index (χ4n) is 1.49. The van der Waals surface area contributed by atoms with Crippen LogP contribution in [-0.2, 0) is 27.2 Å². The molecule has 3 nitrogen and oxygen atoms in total. The molecule has 0 bridgehead atoms. The first kappa shape index (κ1) is 15.0. The molecule has 0 saturated heterocycles. The zero-order valence-electron chi connectivity index (χ0n) is 10.1. The van der Waals surface area contributed by atoms with Crippen LogP contribution in [0.4, 0.5) is 0 Å². The standard InChI is InChI=1S/C13H14O3S.Fe/c1-10(2)17(14,15)16-13-9-5-7-11-6-3-4-8-12(11)13;/h3-10H,1-2H3;. The average Bonchev–Trinajstić information content (AvgIpc) is 2.29. The first-order valence-corrected chi connectivity index (χ1v) is 6.89. The van der Waals surface area contributed by atoms with Crippen LogP contribution in [0.15, 0.2) is 42.5 Å². The van der Waals surface area contributed by atoms with Crippen LogP contribution in [-0.4, -0.2) is 13.7 Å². The van der Waals surface area contributed by atoms with E-state index in [4.69, 9.17) is 4.18 Å². The molecule has 0 fully saturated rings. The van der Waals surface area contributed by atoms with E-state index < -0.39 is 15.4 Å². The number of hydrogen-bond donors (Lipinski definition) is 0. The van der Waals surface area contributed by atoms with Crippen LogP contribution in [0.3, 0.4) is 0 Å². The van der Waals surface area contributed by atoms with E-state index in [2.05, 4.69) is 0 Å². The first-order chi connectivity index (χ1) is 8.00. The molecule has 0 radical (unpaired) electrons. The van der Waals surface area contributed by atoms with Crippen molar-refractivity contribution in [3.05, 3.63) is 42.5 Å². The topological polar surface area (TPSA) is 43.4 Å². The molecule has 0 amide bonds. The van der Waals surface area contributed by atoms with E-state index in [1.165, 1.54) is 0 Å². The molecular weight excluding hydrogens is 292 g/mol. The van der Waals surface area contributed by atoms with Crippen molar-refractivity contribution in [2.24, 2.45) is 0 Å². The second-order valence-corrected chi connectivity index (χ2v) is 6.20. The number of fused-ring (bicyclic) bond motifs is 1. The Morgan fingerprint density at radius 2 is 1.61 bits per heavy atom. The molecule has 0 aliphatic rings. The second-order valence-electron chi connectivity index (χ2n) is 4.10. The minimum Gasteiger partial charge on any atom is -0.382 e. The summed E-state index contributed by atoms with van der Waals surface area (Å²) in [6, 6.07) is 12.9. The third kappa shape index (κ3) is 3.05. The van der Waals surface area contributed by atoms with Crippen LogP contribution in [0.25, 0.3) is 10.8 Å². The molecule has 0 unspecified atom stereocenters. The van der Waals surface area contributed by atoms with E-state index in [0.717, 1.165) is 10.8 Å². The maximum absolute atomic E-state index is 11.7. The number of hydrogen-bond acceptors (Lipinski definition) is 3. The quantitative estimate of drug-likeness (QED) is 0.647. The predicted molar refractivity (Wildman–Crippen MR) is 68.6 cm³/mol. The van der Waals surface area contributed by atoms with Gasteiger partial charge in [0.05, 0.1) is 5.25 Å². The van der Waals surface area contributed by atoms with Gasteiger partial charge in [-0.1, -0.05) is 36.4 Å². The molecule has 0 aliphatic carbocycles. The first-order valence-electron chi connectivity index (χ1n) is 5.42. The molecule has 0 aromatic heterocycles. The fraction of sp³-hybridized carbons (Fsp3) is 0.231. The van der Waals surface area contributed by atoms with Crippen molar-refractivity contribution in [2.75, 3.05) is 0 Å². The summed E-state index contributed by atoms with van der Waals surface area (Å²) in [6.45, 7) is 3.20. The van der Waals surface area contributed by atoms with Crippen LogP contribution in [0.2, 0.25) is 0 Å². The largest absolute Gasteiger partial charge is 0.382 e. The van der Waals surface area contributed by atoms with E-state index in [0.29, 0.717) is 5.75 Å². The summed E-state index contributed by atoms with van der Waals surface area (Å²) in [5, 5.41) is 1.21. The average molecular weight is 306 g/mol. The van der Waals surface area contributed by atoms with Crippen molar-refractivity contribution in [2.45, 2.75) is 19.1 Å². The van der Waals surface area contributed by atoms with Gasteiger partial charge in [-0.25, -0.2) is 0 Å². The van der Waals surface area contributed by atoms with Crippen LogP contribution in [0.5, 0.6) is 5.75 Å². The summed E-state index contributed by atoms with van der Waals surface area (Å²) in [7, 11) is -3.54. The molecule has 2 rings (SSSR count). The molecule has 0 heterocycles. The van der Waals surface area contributed by atoms with Gasteiger partial charge in [0, 0.05) is 22.5 Å². The Kier molecular flexibility index (Phi) is 4.79. The van der Waals surface area contributed by atoms with E-state index in [1.54, 1.807) is 26.0 Å². The third-order valence-corrected chi connectivity index (χ3v) is 4.10. The van der Waals surface area contributed by atoms with E-state index >= 15 is 0 Å². The molecular formula is C13H14FeO3S. The Labute approximate surface area is 118 Å². The summed E-state index contributed by atoms with van der Waals surface area (Å²) >= 11 is 0. The minimum atomic E-state index is -3.54. The SMILES string of the molecule is CC(C)S(=O)(=O)Oc1cccc2ccccc12.[Fe]. The Balaban J connectivity index is 0.00000162. The van der Waals surface area contributed by atoms with Crippen LogP contribution in [0, 0.1) is 0 Å². The predicted octanol–water partition coefficient (Wildman–Crippen LogP) is 2.95. The molecule has 0 aliphatic heterocycles. The van der Waals surface area contributed by atoms with E-state index in [1.807, 2.05) is 30.3 Å². The zero-order valence-corrected chi connectivity index (χ0v) is 12.0. The van der Waals surface area contributed by atoms with Crippen molar-refractivity contribution < 1.29 is 29.7 Å². The van der Waals surface area contributed by atoms with Gasteiger partial charge in [-0.15, -0.1) is 0 Å². The number of benzene rings is 2. The Morgan fingerprint density at radius 3 is 2.28 bits per heavy atom. The molecule has 0 spiro atoms. The van der Waals surface area contributed by atoms with Crippen LogP contribution < -0.4 is 4.18 Å². The maximum Gasteiger partial charge on any atom is 0.311 e. The molecule has 18 heavy (non-hydrogen) atoms. The van der Waals surface area contributed by atoms with Gasteiger partial charge >= 0.3 is 10.1 Å². The summed E-state index contributed by atoms with van der Waals surface area (Å²) in [6.07, 6.45) is 0. The van der Waals surface area contributed by atoms with E-state index in [9.17, 15) is 8.42 Å².